The summed E-state index contributed by atoms with van der Waals surface area (Å²) in [7, 11) is 0. The average Bonchev–Trinajstić information content (AvgIpc) is 3.62. The van der Waals surface area contributed by atoms with Crippen LogP contribution in [0.25, 0.3) is 11.0 Å². The fraction of sp³-hybridized carbons (Fsp3) is 0.440. The lowest BCUT2D eigenvalue weighted by molar-refractivity contribution is -0.663. The van der Waals surface area contributed by atoms with Crippen LogP contribution in [0.15, 0.2) is 41.0 Å². The number of carbonyl (C=O) groups excluding carboxylic acids is 3. The van der Waals surface area contributed by atoms with Gasteiger partial charge in [0.2, 0.25) is 11.5 Å². The van der Waals surface area contributed by atoms with Crippen LogP contribution >= 0.6 is 23.3 Å². The summed E-state index contributed by atoms with van der Waals surface area (Å²) in [6.45, 7) is 4.08. The number of aliphatic hydroxyl groups excluding tert-OH is 1. The molecule has 0 spiro atoms. The van der Waals surface area contributed by atoms with E-state index in [4.69, 9.17) is 15.7 Å². The van der Waals surface area contributed by atoms with Gasteiger partial charge in [-0.25, -0.2) is 0 Å². The van der Waals surface area contributed by atoms with E-state index in [-0.39, 0.29) is 42.1 Å². The van der Waals surface area contributed by atoms with Gasteiger partial charge in [-0.3, -0.25) is 19.2 Å². The van der Waals surface area contributed by atoms with Crippen molar-refractivity contribution in [2.75, 3.05) is 37.8 Å². The van der Waals surface area contributed by atoms with Crippen LogP contribution in [0.1, 0.15) is 19.2 Å². The maximum Gasteiger partial charge on any atom is 0.278 e. The van der Waals surface area contributed by atoms with Crippen molar-refractivity contribution < 1.29 is 34.0 Å². The standard InChI is InChI=1S/C25H30N10O6S2/c1-2-41-31-17(20-30-25(26)43-32-20)21(37)29-18-22(38)35-19(24(39)40)14(13-42-23(18)35)12-33-8-3-5-15-16(33)11-28-34(15)9-4-6-27-7-10-36/h3,5,8,11,18,23,27,36H,2,4,6-7,9-10,12-13H2,1H3,(H3-,26,29,30,32,37,39,40)/b31-17+/t18-,23-/m1/s1. The molecule has 0 aliphatic carbocycles. The average molecular weight is 631 g/mol. The zero-order valence-corrected chi connectivity index (χ0v) is 24.8. The van der Waals surface area contributed by atoms with Crippen LogP contribution in [0.5, 0.6) is 0 Å². The highest BCUT2D eigenvalue weighted by Crippen LogP contribution is 2.40. The lowest BCUT2D eigenvalue weighted by Gasteiger charge is -2.50. The predicted molar refractivity (Wildman–Crippen MR) is 154 cm³/mol. The minimum atomic E-state index is -1.47. The van der Waals surface area contributed by atoms with Crippen LogP contribution in [0, 0.1) is 0 Å². The number of fused-ring (bicyclic) bond motifs is 2. The zero-order chi connectivity index (χ0) is 30.5. The Hall–Kier alpha value is -4.13. The Balaban J connectivity index is 1.32. The molecule has 2 amide bonds. The van der Waals surface area contributed by atoms with Crippen molar-refractivity contribution in [2.24, 2.45) is 5.16 Å². The van der Waals surface area contributed by atoms with Gasteiger partial charge >= 0.3 is 0 Å². The molecule has 1 saturated heterocycles. The van der Waals surface area contributed by atoms with Crippen LogP contribution in [0.3, 0.4) is 0 Å². The summed E-state index contributed by atoms with van der Waals surface area (Å²) in [5.74, 6) is -2.56. The Labute approximate surface area is 253 Å². The number of amides is 2. The smallest absolute Gasteiger partial charge is 0.278 e. The topological polar surface area (TPSA) is 217 Å². The molecule has 2 aliphatic heterocycles. The fourth-order valence-electron chi connectivity index (χ4n) is 4.82. The third-order valence-corrected chi connectivity index (χ3v) is 8.63. The summed E-state index contributed by atoms with van der Waals surface area (Å²) in [4.78, 5) is 48.8. The van der Waals surface area contributed by atoms with Crippen LogP contribution in [-0.2, 0) is 32.3 Å². The summed E-state index contributed by atoms with van der Waals surface area (Å²) in [6.07, 6.45) is 4.36. The second-order valence-corrected chi connectivity index (χ2v) is 11.4. The monoisotopic (exact) mass is 630 g/mol. The number of carbonyl (C=O) groups is 3. The number of hydrogen-bond donors (Lipinski definition) is 4. The summed E-state index contributed by atoms with van der Waals surface area (Å²) >= 11 is 2.21. The van der Waals surface area contributed by atoms with Gasteiger partial charge in [-0.15, -0.1) is 11.8 Å². The number of oxime groups is 1. The molecular weight excluding hydrogens is 600 g/mol. The van der Waals surface area contributed by atoms with Crippen LogP contribution < -0.4 is 26.0 Å². The van der Waals surface area contributed by atoms with E-state index in [1.54, 1.807) is 13.1 Å². The molecule has 5 N–H and O–H groups in total. The van der Waals surface area contributed by atoms with Crippen molar-refractivity contribution in [3.63, 3.8) is 0 Å². The van der Waals surface area contributed by atoms with E-state index in [1.165, 1.54) is 11.8 Å². The molecule has 0 unspecified atom stereocenters. The molecule has 228 valence electrons. The van der Waals surface area contributed by atoms with Crippen molar-refractivity contribution in [2.45, 2.75) is 37.8 Å². The van der Waals surface area contributed by atoms with Gasteiger partial charge in [-0.1, -0.05) is 5.16 Å². The van der Waals surface area contributed by atoms with Gasteiger partial charge in [-0.2, -0.15) is 19.0 Å². The van der Waals surface area contributed by atoms with E-state index in [0.717, 1.165) is 40.4 Å². The van der Waals surface area contributed by atoms with E-state index >= 15 is 0 Å². The number of aryl methyl sites for hydroxylation is 1. The molecular formula is C25H30N10O6S2. The summed E-state index contributed by atoms with van der Waals surface area (Å²) in [6, 6.07) is 2.79. The molecule has 2 atom stereocenters. The highest BCUT2D eigenvalue weighted by molar-refractivity contribution is 8.00. The van der Waals surface area contributed by atoms with Crippen molar-refractivity contribution in [3.05, 3.63) is 41.6 Å². The first-order chi connectivity index (χ1) is 20.8. The number of β-lactam (4-membered cyclic amide) rings is 1. The molecule has 0 aromatic carbocycles. The van der Waals surface area contributed by atoms with E-state index < -0.39 is 29.2 Å². The highest BCUT2D eigenvalue weighted by atomic mass is 32.2. The number of thioether (sulfide) groups is 1. The van der Waals surface area contributed by atoms with Gasteiger partial charge in [0.1, 0.15) is 29.7 Å². The van der Waals surface area contributed by atoms with E-state index in [9.17, 15) is 19.5 Å². The molecule has 0 saturated carbocycles. The number of aliphatic hydroxyl groups is 1. The van der Waals surface area contributed by atoms with Gasteiger partial charge in [0.25, 0.3) is 17.3 Å². The largest absolute Gasteiger partial charge is 0.543 e. The maximum absolute atomic E-state index is 13.2. The number of aliphatic carboxylic acids is 1. The van der Waals surface area contributed by atoms with Gasteiger partial charge in [-0.05, 0) is 26.0 Å². The van der Waals surface area contributed by atoms with Crippen molar-refractivity contribution in [1.82, 2.24) is 34.7 Å². The molecule has 43 heavy (non-hydrogen) atoms. The van der Waals surface area contributed by atoms with Crippen LogP contribution in [-0.4, -0.2) is 96.1 Å². The number of hydrogen-bond acceptors (Lipinski definition) is 14. The third-order valence-electron chi connectivity index (χ3n) is 6.74. The Kier molecular flexibility index (Phi) is 9.49. The third kappa shape index (κ3) is 6.31. The van der Waals surface area contributed by atoms with Crippen molar-refractivity contribution in [3.8, 4) is 0 Å². The van der Waals surface area contributed by atoms with Crippen LogP contribution in [0.4, 0.5) is 5.13 Å². The number of carboxylic acids is 1. The number of carboxylic acid groups (broad SMARTS) is 1. The number of nitrogens with two attached hydrogens (primary N) is 1. The first kappa shape index (κ1) is 30.3. The molecule has 16 nitrogen and oxygen atoms in total. The number of rotatable bonds is 14. The van der Waals surface area contributed by atoms with Crippen LogP contribution in [0.2, 0.25) is 0 Å². The predicted octanol–water partition coefficient (Wildman–Crippen LogP) is -2.43. The second kappa shape index (κ2) is 13.4. The molecule has 3 aromatic rings. The number of anilines is 1. The lowest BCUT2D eigenvalue weighted by Crippen LogP contribution is -2.71. The molecule has 1 fully saturated rings. The Morgan fingerprint density at radius 3 is 2.93 bits per heavy atom. The Bertz CT molecular complexity index is 1590. The Morgan fingerprint density at radius 2 is 2.21 bits per heavy atom. The molecule has 2 aliphatic rings. The summed E-state index contributed by atoms with van der Waals surface area (Å²) < 4.78 is 7.75. The first-order valence-corrected chi connectivity index (χ1v) is 15.3. The molecule has 5 rings (SSSR count). The fourth-order valence-corrected chi connectivity index (χ4v) is 6.59. The highest BCUT2D eigenvalue weighted by Gasteiger charge is 2.53. The Morgan fingerprint density at radius 1 is 1.37 bits per heavy atom. The summed E-state index contributed by atoms with van der Waals surface area (Å²) in [5.41, 5.74) is 7.38. The number of nitrogens with one attached hydrogen (secondary N) is 2. The second-order valence-electron chi connectivity index (χ2n) is 9.52. The van der Waals surface area contributed by atoms with E-state index in [2.05, 4.69) is 30.2 Å². The number of nitrogens with zero attached hydrogens (tertiary/aromatic N) is 7. The van der Waals surface area contributed by atoms with Gasteiger partial charge < -0.3 is 36.2 Å². The number of aromatic nitrogens is 5. The first-order valence-electron chi connectivity index (χ1n) is 13.5. The quantitative estimate of drug-likeness (QED) is 0.0481. The molecule has 0 bridgehead atoms. The molecule has 3 aromatic heterocycles. The summed E-state index contributed by atoms with van der Waals surface area (Å²) in [5, 5.41) is 34.7. The van der Waals surface area contributed by atoms with Gasteiger partial charge in [0, 0.05) is 42.0 Å². The van der Waals surface area contributed by atoms with Crippen molar-refractivity contribution in [1.29, 1.82) is 0 Å². The minimum Gasteiger partial charge on any atom is -0.543 e. The minimum absolute atomic E-state index is 0.0427. The molecule has 5 heterocycles. The van der Waals surface area contributed by atoms with Crippen molar-refractivity contribution >= 4 is 63.0 Å². The van der Waals surface area contributed by atoms with Gasteiger partial charge in [0.15, 0.2) is 17.9 Å². The lowest BCUT2D eigenvalue weighted by atomic mass is 10.0. The maximum atomic E-state index is 13.2. The molecule has 0 radical (unpaired) electrons. The molecule has 18 heteroatoms. The zero-order valence-electron chi connectivity index (χ0n) is 23.1. The number of nitrogen functional groups attached to an aromatic ring is 1. The van der Waals surface area contributed by atoms with Gasteiger partial charge in [0.05, 0.1) is 18.3 Å². The van der Waals surface area contributed by atoms with E-state index in [0.29, 0.717) is 24.4 Å². The SMILES string of the molecule is CCO/N=C(/C(=O)N[C@@H]1C(=O)N2C(C(=O)[O-])=C(C[n+]3cccc4c3cnn4CCCNCCO)CS[C@H]12)c1nsc(N)n1. The normalized spacial score (nSPS) is 18.5. The van der Waals surface area contributed by atoms with E-state index in [1.807, 2.05) is 27.6 Å². The number of pyridine rings is 1.